The summed E-state index contributed by atoms with van der Waals surface area (Å²) in [4.78, 5) is 1.76. The Kier molecular flexibility index (Phi) is 3.46. The highest BCUT2D eigenvalue weighted by molar-refractivity contribution is 5.51. The number of benzene rings is 1. The molecule has 1 rings (SSSR count). The zero-order valence-electron chi connectivity index (χ0n) is 8.92. The molecule has 0 aromatic heterocycles. The van der Waals surface area contributed by atoms with Gasteiger partial charge in [0.25, 0.3) is 0 Å². The molecule has 0 saturated heterocycles. The largest absolute Gasteiger partial charge is 0.368 e. The fourth-order valence-electron chi connectivity index (χ4n) is 1.38. The Morgan fingerprint density at radius 3 is 2.73 bits per heavy atom. The lowest BCUT2D eigenvalue weighted by Crippen LogP contribution is -2.20. The van der Waals surface area contributed by atoms with Crippen molar-refractivity contribution in [1.82, 2.24) is 0 Å². The SMILES string of the molecule is C=C(C)CN(C)c1ccc(C#N)cc1F. The predicted molar refractivity (Wildman–Crippen MR) is 59.2 cm³/mol. The van der Waals surface area contributed by atoms with Gasteiger partial charge in [-0.05, 0) is 25.1 Å². The fraction of sp³-hybridized carbons (Fsp3) is 0.250. The Morgan fingerprint density at radius 2 is 2.27 bits per heavy atom. The van der Waals surface area contributed by atoms with Crippen LogP contribution in [0.2, 0.25) is 0 Å². The second-order valence-corrected chi connectivity index (χ2v) is 3.59. The molecule has 0 radical (unpaired) electrons. The minimum atomic E-state index is -0.377. The highest BCUT2D eigenvalue weighted by Crippen LogP contribution is 2.19. The quantitative estimate of drug-likeness (QED) is 0.708. The zero-order chi connectivity index (χ0) is 11.4. The molecule has 0 atom stereocenters. The molecule has 0 bridgehead atoms. The number of rotatable bonds is 3. The summed E-state index contributed by atoms with van der Waals surface area (Å²) in [5.41, 5.74) is 1.78. The minimum Gasteiger partial charge on any atom is -0.368 e. The molecule has 78 valence electrons. The lowest BCUT2D eigenvalue weighted by atomic mass is 10.2. The van der Waals surface area contributed by atoms with E-state index in [9.17, 15) is 4.39 Å². The van der Waals surface area contributed by atoms with Crippen LogP contribution in [-0.4, -0.2) is 13.6 Å². The minimum absolute atomic E-state index is 0.333. The van der Waals surface area contributed by atoms with E-state index < -0.39 is 0 Å². The van der Waals surface area contributed by atoms with Crippen molar-refractivity contribution in [3.63, 3.8) is 0 Å². The fourth-order valence-corrected chi connectivity index (χ4v) is 1.38. The van der Waals surface area contributed by atoms with E-state index in [1.165, 1.54) is 6.07 Å². The van der Waals surface area contributed by atoms with Crippen LogP contribution >= 0.6 is 0 Å². The topological polar surface area (TPSA) is 27.0 Å². The van der Waals surface area contributed by atoms with E-state index in [0.717, 1.165) is 5.57 Å². The average Bonchev–Trinajstić information content (AvgIpc) is 2.16. The van der Waals surface area contributed by atoms with Gasteiger partial charge in [-0.25, -0.2) is 4.39 Å². The van der Waals surface area contributed by atoms with Gasteiger partial charge in [0.15, 0.2) is 0 Å². The molecule has 1 aromatic rings. The molecule has 3 heteroatoms. The smallest absolute Gasteiger partial charge is 0.147 e. The van der Waals surface area contributed by atoms with E-state index in [1.54, 1.807) is 24.1 Å². The number of halogens is 1. The van der Waals surface area contributed by atoms with Gasteiger partial charge >= 0.3 is 0 Å². The van der Waals surface area contributed by atoms with Gasteiger partial charge in [0.2, 0.25) is 0 Å². The van der Waals surface area contributed by atoms with Gasteiger partial charge in [-0.15, -0.1) is 0 Å². The molecule has 0 saturated carbocycles. The van der Waals surface area contributed by atoms with Crippen molar-refractivity contribution in [2.45, 2.75) is 6.92 Å². The van der Waals surface area contributed by atoms with Crippen LogP contribution in [0.25, 0.3) is 0 Å². The number of nitrogens with zero attached hydrogens (tertiary/aromatic N) is 2. The van der Waals surface area contributed by atoms with E-state index in [2.05, 4.69) is 6.58 Å². The number of nitriles is 1. The molecule has 0 fully saturated rings. The van der Waals surface area contributed by atoms with E-state index in [-0.39, 0.29) is 5.82 Å². The highest BCUT2D eigenvalue weighted by Gasteiger charge is 2.07. The second kappa shape index (κ2) is 4.61. The maximum atomic E-state index is 13.5. The summed E-state index contributed by atoms with van der Waals surface area (Å²) < 4.78 is 13.5. The molecular weight excluding hydrogens is 191 g/mol. The van der Waals surface area contributed by atoms with E-state index in [1.807, 2.05) is 13.0 Å². The van der Waals surface area contributed by atoms with Crippen LogP contribution in [-0.2, 0) is 0 Å². The van der Waals surface area contributed by atoms with E-state index in [4.69, 9.17) is 5.26 Å². The lowest BCUT2D eigenvalue weighted by Gasteiger charge is -2.19. The maximum Gasteiger partial charge on any atom is 0.147 e. The van der Waals surface area contributed by atoms with Crippen LogP contribution in [0.4, 0.5) is 10.1 Å². The van der Waals surface area contributed by atoms with Crippen molar-refractivity contribution in [1.29, 1.82) is 5.26 Å². The molecule has 15 heavy (non-hydrogen) atoms. The Balaban J connectivity index is 2.96. The summed E-state index contributed by atoms with van der Waals surface area (Å²) in [7, 11) is 1.79. The Hall–Kier alpha value is -1.82. The number of hydrogen-bond donors (Lipinski definition) is 0. The molecule has 1 aromatic carbocycles. The summed E-state index contributed by atoms with van der Waals surface area (Å²) in [5, 5.41) is 8.59. The molecular formula is C12H13FN2. The zero-order valence-corrected chi connectivity index (χ0v) is 8.92. The van der Waals surface area contributed by atoms with Gasteiger partial charge in [-0.1, -0.05) is 12.2 Å². The molecule has 0 aliphatic heterocycles. The summed E-state index contributed by atoms with van der Waals surface area (Å²) in [5.74, 6) is -0.377. The standard InChI is InChI=1S/C12H13FN2/c1-9(2)8-15(3)12-5-4-10(7-14)6-11(12)13/h4-6H,1,8H2,2-3H3. The lowest BCUT2D eigenvalue weighted by molar-refractivity contribution is 0.624. The number of anilines is 1. The average molecular weight is 204 g/mol. The first-order valence-corrected chi connectivity index (χ1v) is 4.59. The van der Waals surface area contributed by atoms with Crippen molar-refractivity contribution in [3.05, 3.63) is 41.7 Å². The molecule has 0 N–H and O–H groups in total. The van der Waals surface area contributed by atoms with E-state index >= 15 is 0 Å². The number of hydrogen-bond acceptors (Lipinski definition) is 2. The van der Waals surface area contributed by atoms with Crippen molar-refractivity contribution < 1.29 is 4.39 Å². The van der Waals surface area contributed by atoms with Crippen LogP contribution < -0.4 is 4.90 Å². The van der Waals surface area contributed by atoms with E-state index in [0.29, 0.717) is 17.8 Å². The van der Waals surface area contributed by atoms with Crippen molar-refractivity contribution in [3.8, 4) is 6.07 Å². The normalized spacial score (nSPS) is 9.47. The van der Waals surface area contributed by atoms with Gasteiger partial charge in [0, 0.05) is 13.6 Å². The number of likely N-dealkylation sites (N-methyl/N-ethyl adjacent to an activating group) is 1. The molecule has 0 aliphatic carbocycles. The van der Waals surface area contributed by atoms with Crippen molar-refractivity contribution in [2.24, 2.45) is 0 Å². The third-order valence-corrected chi connectivity index (χ3v) is 2.00. The van der Waals surface area contributed by atoms with Crippen molar-refractivity contribution in [2.75, 3.05) is 18.5 Å². The summed E-state index contributed by atoms with van der Waals surface area (Å²) >= 11 is 0. The Morgan fingerprint density at radius 1 is 1.60 bits per heavy atom. The predicted octanol–water partition coefficient (Wildman–Crippen LogP) is 2.71. The third kappa shape index (κ3) is 2.81. The molecule has 0 amide bonds. The summed E-state index contributed by atoms with van der Waals surface area (Å²) in [6.07, 6.45) is 0. The van der Waals surface area contributed by atoms with Gasteiger partial charge in [-0.3, -0.25) is 0 Å². The van der Waals surface area contributed by atoms with Crippen LogP contribution in [0.3, 0.4) is 0 Å². The summed E-state index contributed by atoms with van der Waals surface area (Å²) in [6.45, 7) is 6.25. The Labute approximate surface area is 89.2 Å². The first-order valence-electron chi connectivity index (χ1n) is 4.59. The Bertz CT molecular complexity index is 418. The first-order chi connectivity index (χ1) is 7.04. The molecule has 2 nitrogen and oxygen atoms in total. The van der Waals surface area contributed by atoms with Gasteiger partial charge in [-0.2, -0.15) is 5.26 Å². The first kappa shape index (κ1) is 11.3. The van der Waals surface area contributed by atoms with Crippen molar-refractivity contribution >= 4 is 5.69 Å². The monoisotopic (exact) mass is 204 g/mol. The molecule has 0 heterocycles. The molecule has 0 unspecified atom stereocenters. The molecule has 0 aliphatic rings. The van der Waals surface area contributed by atoms with Crippen LogP contribution in [0.1, 0.15) is 12.5 Å². The third-order valence-electron chi connectivity index (χ3n) is 2.00. The summed E-state index contributed by atoms with van der Waals surface area (Å²) in [6, 6.07) is 6.35. The molecule has 0 spiro atoms. The van der Waals surface area contributed by atoms with Crippen LogP contribution in [0.15, 0.2) is 30.4 Å². The highest BCUT2D eigenvalue weighted by atomic mass is 19.1. The van der Waals surface area contributed by atoms with Gasteiger partial charge < -0.3 is 4.90 Å². The maximum absolute atomic E-state index is 13.5. The van der Waals surface area contributed by atoms with Gasteiger partial charge in [0.1, 0.15) is 5.82 Å². The van der Waals surface area contributed by atoms with Gasteiger partial charge in [0.05, 0.1) is 17.3 Å². The second-order valence-electron chi connectivity index (χ2n) is 3.59. The van der Waals surface area contributed by atoms with Crippen LogP contribution in [0.5, 0.6) is 0 Å². The van der Waals surface area contributed by atoms with Crippen LogP contribution in [0, 0.1) is 17.1 Å².